The summed E-state index contributed by atoms with van der Waals surface area (Å²) in [6.07, 6.45) is 0.730. The molecule has 0 aromatic heterocycles. The van der Waals surface area contributed by atoms with E-state index in [4.69, 9.17) is 11.6 Å². The number of carbonyl (C=O) groups excluding carboxylic acids is 1. The van der Waals surface area contributed by atoms with Gasteiger partial charge in [-0.2, -0.15) is 8.78 Å². The molecule has 0 saturated heterocycles. The second kappa shape index (κ2) is 5.66. The third kappa shape index (κ3) is 4.74. The highest BCUT2D eigenvalue weighted by molar-refractivity contribution is 6.63. The standard InChI is InChI=1S/C10H9ClF2O2/c11-9(14)6-3-7-1-4-8(5-2-7)15-10(12)13/h1-2,4-5,10H,3,6H2. The third-order valence-electron chi connectivity index (χ3n) is 1.76. The Balaban J connectivity index is 2.52. The minimum absolute atomic E-state index is 0.103. The van der Waals surface area contributed by atoms with E-state index in [-0.39, 0.29) is 12.2 Å². The Hall–Kier alpha value is -1.16. The molecule has 0 bridgehead atoms. The highest BCUT2D eigenvalue weighted by Gasteiger charge is 2.04. The maximum absolute atomic E-state index is 11.8. The van der Waals surface area contributed by atoms with Crippen molar-refractivity contribution < 1.29 is 18.3 Å². The van der Waals surface area contributed by atoms with Gasteiger partial charge in [0.1, 0.15) is 5.75 Å². The fourth-order valence-electron chi connectivity index (χ4n) is 1.08. The predicted molar refractivity (Wildman–Crippen MR) is 52.3 cm³/mol. The lowest BCUT2D eigenvalue weighted by atomic mass is 10.1. The van der Waals surface area contributed by atoms with Gasteiger partial charge in [-0.15, -0.1) is 0 Å². The van der Waals surface area contributed by atoms with Crippen molar-refractivity contribution in [1.82, 2.24) is 0 Å². The van der Waals surface area contributed by atoms with E-state index >= 15 is 0 Å². The van der Waals surface area contributed by atoms with Gasteiger partial charge in [-0.1, -0.05) is 12.1 Å². The van der Waals surface area contributed by atoms with Crippen molar-refractivity contribution in [3.63, 3.8) is 0 Å². The predicted octanol–water partition coefficient (Wildman–Crippen LogP) is 2.99. The lowest BCUT2D eigenvalue weighted by molar-refractivity contribution is -0.111. The van der Waals surface area contributed by atoms with Crippen LogP contribution in [0.5, 0.6) is 5.75 Å². The highest BCUT2D eigenvalue weighted by Crippen LogP contribution is 2.15. The van der Waals surface area contributed by atoms with Gasteiger partial charge in [-0.25, -0.2) is 0 Å². The number of carbonyl (C=O) groups is 1. The van der Waals surface area contributed by atoms with E-state index in [1.807, 2.05) is 0 Å². The van der Waals surface area contributed by atoms with E-state index in [1.54, 1.807) is 12.1 Å². The SMILES string of the molecule is O=C(Cl)CCc1ccc(OC(F)F)cc1. The molecule has 82 valence electrons. The van der Waals surface area contributed by atoms with Crippen molar-refractivity contribution in [3.8, 4) is 5.75 Å². The van der Waals surface area contributed by atoms with Crippen LogP contribution in [0.15, 0.2) is 24.3 Å². The Kier molecular flexibility index (Phi) is 4.49. The molecule has 0 aliphatic heterocycles. The van der Waals surface area contributed by atoms with Crippen molar-refractivity contribution in [2.75, 3.05) is 0 Å². The molecule has 0 fully saturated rings. The summed E-state index contributed by atoms with van der Waals surface area (Å²) < 4.78 is 27.7. The molecular weight excluding hydrogens is 226 g/mol. The summed E-state index contributed by atoms with van der Waals surface area (Å²) in [6, 6.07) is 6.11. The number of hydrogen-bond acceptors (Lipinski definition) is 2. The minimum Gasteiger partial charge on any atom is -0.435 e. The molecule has 0 heterocycles. The molecule has 1 aromatic rings. The second-order valence-corrected chi connectivity index (χ2v) is 3.30. The van der Waals surface area contributed by atoms with Crippen molar-refractivity contribution in [1.29, 1.82) is 0 Å². The van der Waals surface area contributed by atoms with Crippen LogP contribution in [-0.4, -0.2) is 11.9 Å². The van der Waals surface area contributed by atoms with Gasteiger partial charge < -0.3 is 4.74 Å². The zero-order valence-electron chi connectivity index (χ0n) is 7.75. The maximum Gasteiger partial charge on any atom is 0.387 e. The number of hydrogen-bond donors (Lipinski definition) is 0. The first-order valence-electron chi connectivity index (χ1n) is 4.30. The summed E-state index contributed by atoms with van der Waals surface area (Å²) in [7, 11) is 0. The molecule has 0 saturated carbocycles. The van der Waals surface area contributed by atoms with Crippen LogP contribution >= 0.6 is 11.6 Å². The van der Waals surface area contributed by atoms with E-state index in [0.717, 1.165) is 5.56 Å². The Bertz CT molecular complexity index is 325. The summed E-state index contributed by atoms with van der Waals surface area (Å²) in [4.78, 5) is 10.5. The first kappa shape index (κ1) is 11.9. The van der Waals surface area contributed by atoms with Gasteiger partial charge in [0, 0.05) is 6.42 Å². The lowest BCUT2D eigenvalue weighted by Crippen LogP contribution is -2.01. The molecule has 0 aliphatic rings. The lowest BCUT2D eigenvalue weighted by Gasteiger charge is -2.04. The molecule has 0 amide bonds. The molecule has 15 heavy (non-hydrogen) atoms. The van der Waals surface area contributed by atoms with Crippen molar-refractivity contribution in [2.24, 2.45) is 0 Å². The summed E-state index contributed by atoms with van der Waals surface area (Å²) in [5, 5.41) is -0.414. The van der Waals surface area contributed by atoms with Crippen LogP contribution in [0.2, 0.25) is 0 Å². The molecule has 0 unspecified atom stereocenters. The number of ether oxygens (including phenoxy) is 1. The summed E-state index contributed by atoms with van der Waals surface area (Å²) in [5.41, 5.74) is 0.852. The van der Waals surface area contributed by atoms with Gasteiger partial charge in [0.25, 0.3) is 0 Å². The Morgan fingerprint density at radius 1 is 1.33 bits per heavy atom. The fraction of sp³-hybridized carbons (Fsp3) is 0.300. The van der Waals surface area contributed by atoms with Gasteiger partial charge in [-0.05, 0) is 35.7 Å². The monoisotopic (exact) mass is 234 g/mol. The molecule has 0 aliphatic carbocycles. The Labute approximate surface area is 90.8 Å². The van der Waals surface area contributed by atoms with Crippen LogP contribution in [0.4, 0.5) is 8.78 Å². The van der Waals surface area contributed by atoms with Crippen LogP contribution in [-0.2, 0) is 11.2 Å². The number of rotatable bonds is 5. The van der Waals surface area contributed by atoms with E-state index in [1.165, 1.54) is 12.1 Å². The highest BCUT2D eigenvalue weighted by atomic mass is 35.5. The molecule has 0 N–H and O–H groups in total. The van der Waals surface area contributed by atoms with E-state index < -0.39 is 11.9 Å². The largest absolute Gasteiger partial charge is 0.435 e. The summed E-state index contributed by atoms with van der Waals surface area (Å²) in [6.45, 7) is -2.82. The summed E-state index contributed by atoms with van der Waals surface area (Å²) >= 11 is 5.17. The van der Waals surface area contributed by atoms with Crippen LogP contribution in [0.3, 0.4) is 0 Å². The van der Waals surface area contributed by atoms with Crippen LogP contribution in [0.1, 0.15) is 12.0 Å². The molecule has 1 aromatic carbocycles. The molecule has 0 atom stereocenters. The smallest absolute Gasteiger partial charge is 0.387 e. The Morgan fingerprint density at radius 2 is 1.93 bits per heavy atom. The summed E-state index contributed by atoms with van der Waals surface area (Å²) in [5.74, 6) is 0.103. The molecule has 5 heteroatoms. The first-order chi connectivity index (χ1) is 7.08. The minimum atomic E-state index is -2.82. The van der Waals surface area contributed by atoms with E-state index in [0.29, 0.717) is 6.42 Å². The van der Waals surface area contributed by atoms with Crippen LogP contribution in [0.25, 0.3) is 0 Å². The van der Waals surface area contributed by atoms with Crippen LogP contribution in [0, 0.1) is 0 Å². The van der Waals surface area contributed by atoms with Gasteiger partial charge in [0.05, 0.1) is 0 Å². The van der Waals surface area contributed by atoms with Crippen molar-refractivity contribution >= 4 is 16.8 Å². The van der Waals surface area contributed by atoms with E-state index in [9.17, 15) is 13.6 Å². The molecule has 0 radical (unpaired) electrons. The van der Waals surface area contributed by atoms with Gasteiger partial charge >= 0.3 is 6.61 Å². The topological polar surface area (TPSA) is 26.3 Å². The zero-order chi connectivity index (χ0) is 11.3. The molecule has 1 rings (SSSR count). The fourth-order valence-corrected chi connectivity index (χ4v) is 1.17. The van der Waals surface area contributed by atoms with E-state index in [2.05, 4.69) is 4.74 Å². The molecule has 2 nitrogen and oxygen atoms in total. The van der Waals surface area contributed by atoms with Gasteiger partial charge in [0.15, 0.2) is 0 Å². The van der Waals surface area contributed by atoms with Crippen LogP contribution < -0.4 is 4.74 Å². The average molecular weight is 235 g/mol. The van der Waals surface area contributed by atoms with Gasteiger partial charge in [0.2, 0.25) is 5.24 Å². The zero-order valence-corrected chi connectivity index (χ0v) is 8.51. The first-order valence-corrected chi connectivity index (χ1v) is 4.68. The number of halogens is 3. The normalized spacial score (nSPS) is 10.4. The quantitative estimate of drug-likeness (QED) is 0.732. The molecular formula is C10H9ClF2O2. The van der Waals surface area contributed by atoms with Crippen molar-refractivity contribution in [3.05, 3.63) is 29.8 Å². The number of benzene rings is 1. The molecule has 0 spiro atoms. The Morgan fingerprint density at radius 3 is 2.40 bits per heavy atom. The third-order valence-corrected chi connectivity index (χ3v) is 1.95. The number of alkyl halides is 2. The maximum atomic E-state index is 11.8. The van der Waals surface area contributed by atoms with Crippen molar-refractivity contribution in [2.45, 2.75) is 19.5 Å². The number of aryl methyl sites for hydroxylation is 1. The second-order valence-electron chi connectivity index (χ2n) is 2.88. The average Bonchev–Trinajstić information content (AvgIpc) is 2.16. The van der Waals surface area contributed by atoms with Gasteiger partial charge in [-0.3, -0.25) is 4.79 Å².